The van der Waals surface area contributed by atoms with Crippen LogP contribution in [0, 0.1) is 0 Å². The van der Waals surface area contributed by atoms with Crippen LogP contribution >= 0.6 is 11.3 Å². The number of hydrogen-bond acceptors (Lipinski definition) is 7. The average molecular weight is 506 g/mol. The lowest BCUT2D eigenvalue weighted by Crippen LogP contribution is -2.39. The second-order valence-corrected chi connectivity index (χ2v) is 9.12. The minimum absolute atomic E-state index is 0.155. The summed E-state index contributed by atoms with van der Waals surface area (Å²) in [5.74, 6) is 0.0494. The Balaban J connectivity index is 1.84. The molecule has 1 aromatic heterocycles. The SMILES string of the molecule is CCOC(=O)C1=C(C)N=c2s/c(=C\c3ccc(NC(C)=O)cc3)c(=O)n2[C@@H]1c1ccc(OCC)cc1. The van der Waals surface area contributed by atoms with E-state index >= 15 is 0 Å². The summed E-state index contributed by atoms with van der Waals surface area (Å²) in [5.41, 5.74) is 2.82. The Bertz CT molecular complexity index is 1500. The number of anilines is 1. The highest BCUT2D eigenvalue weighted by molar-refractivity contribution is 7.07. The van der Waals surface area contributed by atoms with Crippen molar-refractivity contribution in [3.05, 3.63) is 90.6 Å². The molecule has 36 heavy (non-hydrogen) atoms. The number of allylic oxidation sites excluding steroid dienone is 1. The van der Waals surface area contributed by atoms with Gasteiger partial charge in [0, 0.05) is 12.6 Å². The number of benzene rings is 2. The first-order valence-corrected chi connectivity index (χ1v) is 12.4. The Morgan fingerprint density at radius 2 is 1.78 bits per heavy atom. The van der Waals surface area contributed by atoms with Crippen molar-refractivity contribution in [2.24, 2.45) is 4.99 Å². The van der Waals surface area contributed by atoms with E-state index in [2.05, 4.69) is 10.3 Å². The third-order valence-corrected chi connectivity index (χ3v) is 6.54. The Kier molecular flexibility index (Phi) is 7.49. The summed E-state index contributed by atoms with van der Waals surface area (Å²) in [6, 6.07) is 13.9. The zero-order chi connectivity index (χ0) is 25.8. The molecule has 0 aliphatic carbocycles. The molecule has 0 saturated carbocycles. The fraction of sp³-hybridized carbons (Fsp3) is 0.259. The van der Waals surface area contributed by atoms with Crippen LogP contribution < -0.4 is 24.9 Å². The molecule has 3 aromatic rings. The van der Waals surface area contributed by atoms with Gasteiger partial charge in [-0.15, -0.1) is 0 Å². The van der Waals surface area contributed by atoms with Crippen LogP contribution in [0.4, 0.5) is 5.69 Å². The van der Waals surface area contributed by atoms with Gasteiger partial charge in [0.25, 0.3) is 5.56 Å². The number of carbonyl (C=O) groups is 2. The maximum Gasteiger partial charge on any atom is 0.338 e. The number of amides is 1. The van der Waals surface area contributed by atoms with Crippen LogP contribution in [0.15, 0.2) is 69.6 Å². The summed E-state index contributed by atoms with van der Waals surface area (Å²) in [4.78, 5) is 43.0. The molecule has 8 nitrogen and oxygen atoms in total. The standard InChI is InChI=1S/C27H27N3O5S/c1-5-34-21-13-9-19(10-14-21)24-23(26(33)35-6-2)16(3)28-27-30(24)25(32)22(36-27)15-18-7-11-20(12-8-18)29-17(4)31/h7-15,24H,5-6H2,1-4H3,(H,29,31)/b22-15-/t24-/m1/s1. The normalized spacial score (nSPS) is 15.2. The summed E-state index contributed by atoms with van der Waals surface area (Å²) in [7, 11) is 0. The smallest absolute Gasteiger partial charge is 0.338 e. The highest BCUT2D eigenvalue weighted by Crippen LogP contribution is 2.31. The first-order chi connectivity index (χ1) is 17.3. The van der Waals surface area contributed by atoms with Gasteiger partial charge in [-0.3, -0.25) is 14.2 Å². The lowest BCUT2D eigenvalue weighted by Gasteiger charge is -2.24. The van der Waals surface area contributed by atoms with E-state index in [9.17, 15) is 14.4 Å². The fourth-order valence-corrected chi connectivity index (χ4v) is 5.08. The number of aromatic nitrogens is 1. The van der Waals surface area contributed by atoms with E-state index in [1.54, 1.807) is 36.6 Å². The Hall–Kier alpha value is -3.98. The number of fused-ring (bicyclic) bond motifs is 1. The molecule has 186 valence electrons. The molecule has 9 heteroatoms. The summed E-state index contributed by atoms with van der Waals surface area (Å²) in [6.45, 7) is 7.60. The Labute approximate surface area is 212 Å². The second kappa shape index (κ2) is 10.7. The zero-order valence-corrected chi connectivity index (χ0v) is 21.3. The monoisotopic (exact) mass is 505 g/mol. The van der Waals surface area contributed by atoms with Crippen LogP contribution in [0.3, 0.4) is 0 Å². The van der Waals surface area contributed by atoms with E-state index in [-0.39, 0.29) is 18.1 Å². The van der Waals surface area contributed by atoms with Crippen LogP contribution in [0.25, 0.3) is 6.08 Å². The number of carbonyl (C=O) groups excluding carboxylic acids is 2. The van der Waals surface area contributed by atoms with Crippen LogP contribution in [0.1, 0.15) is 44.9 Å². The van der Waals surface area contributed by atoms with Gasteiger partial charge in [-0.05, 0) is 62.2 Å². The van der Waals surface area contributed by atoms with Crippen LogP contribution in [0.5, 0.6) is 5.75 Å². The fourth-order valence-electron chi connectivity index (χ4n) is 4.04. The van der Waals surface area contributed by atoms with Crippen molar-refractivity contribution in [1.29, 1.82) is 0 Å². The molecule has 1 aliphatic rings. The van der Waals surface area contributed by atoms with E-state index < -0.39 is 12.0 Å². The minimum atomic E-state index is -0.680. The second-order valence-electron chi connectivity index (χ2n) is 8.11. The van der Waals surface area contributed by atoms with Crippen molar-refractivity contribution in [1.82, 2.24) is 4.57 Å². The van der Waals surface area contributed by atoms with Gasteiger partial charge in [0.2, 0.25) is 5.91 Å². The number of nitrogens with zero attached hydrogens (tertiary/aromatic N) is 2. The quantitative estimate of drug-likeness (QED) is 0.498. The molecule has 2 aromatic carbocycles. The largest absolute Gasteiger partial charge is 0.494 e. The lowest BCUT2D eigenvalue weighted by atomic mass is 9.96. The molecule has 4 rings (SSSR count). The Morgan fingerprint density at radius 1 is 1.08 bits per heavy atom. The number of esters is 1. The maximum absolute atomic E-state index is 13.6. The Morgan fingerprint density at radius 3 is 2.39 bits per heavy atom. The third kappa shape index (κ3) is 5.16. The molecule has 0 unspecified atom stereocenters. The molecular formula is C27H27N3O5S. The molecule has 1 amide bonds. The van der Waals surface area contributed by atoms with E-state index in [0.29, 0.717) is 38.6 Å². The first kappa shape index (κ1) is 25.1. The van der Waals surface area contributed by atoms with Crippen molar-refractivity contribution in [2.45, 2.75) is 33.7 Å². The van der Waals surface area contributed by atoms with Gasteiger partial charge < -0.3 is 14.8 Å². The molecule has 1 atom stereocenters. The van der Waals surface area contributed by atoms with Gasteiger partial charge in [0.15, 0.2) is 4.80 Å². The summed E-state index contributed by atoms with van der Waals surface area (Å²) >= 11 is 1.26. The van der Waals surface area contributed by atoms with Crippen molar-refractivity contribution in [2.75, 3.05) is 18.5 Å². The van der Waals surface area contributed by atoms with Crippen LogP contribution in [0.2, 0.25) is 0 Å². The maximum atomic E-state index is 13.6. The topological polar surface area (TPSA) is 99.0 Å². The average Bonchev–Trinajstić information content (AvgIpc) is 3.14. The van der Waals surface area contributed by atoms with Gasteiger partial charge >= 0.3 is 5.97 Å². The molecule has 0 fully saturated rings. The van der Waals surface area contributed by atoms with Crippen molar-refractivity contribution < 1.29 is 19.1 Å². The molecule has 1 N–H and O–H groups in total. The van der Waals surface area contributed by atoms with Crippen molar-refractivity contribution in [3.8, 4) is 5.75 Å². The van der Waals surface area contributed by atoms with Gasteiger partial charge in [-0.1, -0.05) is 35.6 Å². The van der Waals surface area contributed by atoms with E-state index in [4.69, 9.17) is 9.47 Å². The molecule has 0 saturated heterocycles. The number of nitrogens with one attached hydrogen (secondary N) is 1. The van der Waals surface area contributed by atoms with E-state index in [1.165, 1.54) is 18.3 Å². The summed E-state index contributed by atoms with van der Waals surface area (Å²) < 4.78 is 12.9. The first-order valence-electron chi connectivity index (χ1n) is 11.6. The van der Waals surface area contributed by atoms with Crippen molar-refractivity contribution >= 4 is 35.0 Å². The number of hydrogen-bond donors (Lipinski definition) is 1. The number of thiazole rings is 1. The third-order valence-electron chi connectivity index (χ3n) is 5.55. The highest BCUT2D eigenvalue weighted by atomic mass is 32.1. The highest BCUT2D eigenvalue weighted by Gasteiger charge is 2.33. The molecule has 0 bridgehead atoms. The van der Waals surface area contributed by atoms with E-state index in [0.717, 1.165) is 11.1 Å². The van der Waals surface area contributed by atoms with Crippen LogP contribution in [-0.4, -0.2) is 29.7 Å². The molecular weight excluding hydrogens is 478 g/mol. The van der Waals surface area contributed by atoms with Gasteiger partial charge in [-0.25, -0.2) is 9.79 Å². The lowest BCUT2D eigenvalue weighted by molar-refractivity contribution is -0.139. The summed E-state index contributed by atoms with van der Waals surface area (Å²) in [5, 5.41) is 2.72. The van der Waals surface area contributed by atoms with Gasteiger partial charge in [0.1, 0.15) is 5.75 Å². The molecule has 0 radical (unpaired) electrons. The number of ether oxygens (including phenoxy) is 2. The van der Waals surface area contributed by atoms with E-state index in [1.807, 2.05) is 43.3 Å². The predicted molar refractivity (Wildman–Crippen MR) is 139 cm³/mol. The predicted octanol–water partition coefficient (Wildman–Crippen LogP) is 3.16. The summed E-state index contributed by atoms with van der Waals surface area (Å²) in [6.07, 6.45) is 1.78. The van der Waals surface area contributed by atoms with Crippen LogP contribution in [-0.2, 0) is 14.3 Å². The van der Waals surface area contributed by atoms with Crippen molar-refractivity contribution in [3.63, 3.8) is 0 Å². The molecule has 0 spiro atoms. The van der Waals surface area contributed by atoms with Gasteiger partial charge in [0.05, 0.1) is 35.1 Å². The molecule has 1 aliphatic heterocycles. The molecule has 2 heterocycles. The zero-order valence-electron chi connectivity index (χ0n) is 20.5. The minimum Gasteiger partial charge on any atom is -0.494 e. The van der Waals surface area contributed by atoms with Gasteiger partial charge in [-0.2, -0.15) is 0 Å². The number of rotatable bonds is 7.